The fourth-order valence-corrected chi connectivity index (χ4v) is 2.75. The predicted molar refractivity (Wildman–Crippen MR) is 79.3 cm³/mol. The van der Waals surface area contributed by atoms with Crippen molar-refractivity contribution in [3.05, 3.63) is 35.1 Å². The molecule has 21 heavy (non-hydrogen) atoms. The number of aliphatic hydroxyl groups excluding tert-OH is 1. The van der Waals surface area contributed by atoms with Gasteiger partial charge in [-0.1, -0.05) is 32.1 Å². The van der Waals surface area contributed by atoms with Gasteiger partial charge in [-0.05, 0) is 36.5 Å². The van der Waals surface area contributed by atoms with Crippen LogP contribution >= 0.6 is 0 Å². The summed E-state index contributed by atoms with van der Waals surface area (Å²) in [6.45, 7) is 3.96. The molecule has 0 radical (unpaired) electrons. The Kier molecular flexibility index (Phi) is 4.64. The van der Waals surface area contributed by atoms with Crippen molar-refractivity contribution in [3.8, 4) is 11.8 Å². The van der Waals surface area contributed by atoms with E-state index in [9.17, 15) is 9.18 Å². The summed E-state index contributed by atoms with van der Waals surface area (Å²) >= 11 is 0. The van der Waals surface area contributed by atoms with Crippen molar-refractivity contribution in [2.75, 3.05) is 6.61 Å². The Bertz CT molecular complexity index is 599. The molecule has 1 unspecified atom stereocenters. The van der Waals surface area contributed by atoms with E-state index in [4.69, 9.17) is 5.11 Å². The second kappa shape index (κ2) is 6.28. The molecule has 2 N–H and O–H groups in total. The van der Waals surface area contributed by atoms with Gasteiger partial charge in [-0.15, -0.1) is 0 Å². The maximum atomic E-state index is 14.0. The van der Waals surface area contributed by atoms with Gasteiger partial charge in [0.05, 0.1) is 5.56 Å². The molecule has 0 aromatic heterocycles. The number of aliphatic hydroxyl groups is 1. The van der Waals surface area contributed by atoms with Crippen molar-refractivity contribution < 1.29 is 14.3 Å². The van der Waals surface area contributed by atoms with E-state index in [0.29, 0.717) is 5.56 Å². The standard InChI is InChI=1S/C17H20FNO2/c1-17(2)9-3-6-15(17)19-16(21)13-8-7-12(5-4-10-20)11-14(13)18/h7-8,11,15,20H,3,6,9-10H2,1-2H3,(H,19,21). The van der Waals surface area contributed by atoms with E-state index in [1.54, 1.807) is 6.07 Å². The van der Waals surface area contributed by atoms with Gasteiger partial charge >= 0.3 is 0 Å². The SMILES string of the molecule is CC1(C)CCCC1NC(=O)c1ccc(C#CCO)cc1F. The quantitative estimate of drug-likeness (QED) is 0.822. The van der Waals surface area contributed by atoms with Crippen LogP contribution in [0.3, 0.4) is 0 Å². The van der Waals surface area contributed by atoms with Gasteiger partial charge < -0.3 is 10.4 Å². The summed E-state index contributed by atoms with van der Waals surface area (Å²) < 4.78 is 14.0. The Hall–Kier alpha value is -1.86. The third-order valence-electron chi connectivity index (χ3n) is 4.09. The van der Waals surface area contributed by atoms with Crippen LogP contribution in [0.5, 0.6) is 0 Å². The van der Waals surface area contributed by atoms with E-state index >= 15 is 0 Å². The van der Waals surface area contributed by atoms with Gasteiger partial charge in [-0.25, -0.2) is 4.39 Å². The lowest BCUT2D eigenvalue weighted by Gasteiger charge is -2.27. The molecule has 0 heterocycles. The highest BCUT2D eigenvalue weighted by molar-refractivity contribution is 5.94. The molecule has 1 atom stereocenters. The molecular weight excluding hydrogens is 269 g/mol. The van der Waals surface area contributed by atoms with Crippen LogP contribution in [0, 0.1) is 23.1 Å². The first kappa shape index (κ1) is 15.5. The molecule has 1 aliphatic carbocycles. The summed E-state index contributed by atoms with van der Waals surface area (Å²) in [5.41, 5.74) is 0.533. The van der Waals surface area contributed by atoms with Crippen LogP contribution in [0.1, 0.15) is 49.0 Å². The van der Waals surface area contributed by atoms with Crippen molar-refractivity contribution in [3.63, 3.8) is 0 Å². The maximum absolute atomic E-state index is 14.0. The van der Waals surface area contributed by atoms with Crippen LogP contribution < -0.4 is 5.32 Å². The van der Waals surface area contributed by atoms with E-state index in [0.717, 1.165) is 19.3 Å². The summed E-state index contributed by atoms with van der Waals surface area (Å²) in [7, 11) is 0. The fraction of sp³-hybridized carbons (Fsp3) is 0.471. The Labute approximate surface area is 124 Å². The lowest BCUT2D eigenvalue weighted by molar-refractivity contribution is 0.0906. The normalized spacial score (nSPS) is 19.7. The second-order valence-corrected chi connectivity index (χ2v) is 6.06. The van der Waals surface area contributed by atoms with Crippen LogP contribution in [0.15, 0.2) is 18.2 Å². The summed E-state index contributed by atoms with van der Waals surface area (Å²) in [5, 5.41) is 11.6. The number of hydrogen-bond acceptors (Lipinski definition) is 2. The van der Waals surface area contributed by atoms with Gasteiger partial charge in [-0.3, -0.25) is 4.79 Å². The summed E-state index contributed by atoms with van der Waals surface area (Å²) in [6.07, 6.45) is 3.08. The number of halogens is 1. The monoisotopic (exact) mass is 289 g/mol. The Morgan fingerprint density at radius 3 is 2.86 bits per heavy atom. The van der Waals surface area contributed by atoms with Gasteiger partial charge in [-0.2, -0.15) is 0 Å². The Morgan fingerprint density at radius 1 is 1.52 bits per heavy atom. The highest BCUT2D eigenvalue weighted by Gasteiger charge is 2.35. The van der Waals surface area contributed by atoms with E-state index < -0.39 is 5.82 Å². The fourth-order valence-electron chi connectivity index (χ4n) is 2.75. The Balaban J connectivity index is 2.13. The van der Waals surface area contributed by atoms with E-state index in [1.165, 1.54) is 12.1 Å². The highest BCUT2D eigenvalue weighted by atomic mass is 19.1. The number of amides is 1. The molecule has 1 fully saturated rings. The molecule has 0 aliphatic heterocycles. The number of carbonyl (C=O) groups excluding carboxylic acids is 1. The molecular formula is C17H20FNO2. The molecule has 1 aromatic carbocycles. The van der Waals surface area contributed by atoms with Crippen LogP contribution in [-0.2, 0) is 0 Å². The minimum absolute atomic E-state index is 0.0345. The first-order valence-electron chi connectivity index (χ1n) is 7.14. The molecule has 1 saturated carbocycles. The topological polar surface area (TPSA) is 49.3 Å². The number of carbonyl (C=O) groups is 1. The molecule has 1 aliphatic rings. The lowest BCUT2D eigenvalue weighted by Crippen LogP contribution is -2.41. The summed E-state index contributed by atoms with van der Waals surface area (Å²) in [4.78, 5) is 12.2. The van der Waals surface area contributed by atoms with Gasteiger partial charge in [0, 0.05) is 11.6 Å². The van der Waals surface area contributed by atoms with Crippen LogP contribution in [-0.4, -0.2) is 23.7 Å². The lowest BCUT2D eigenvalue weighted by atomic mass is 9.87. The molecule has 1 aromatic rings. The smallest absolute Gasteiger partial charge is 0.254 e. The highest BCUT2D eigenvalue weighted by Crippen LogP contribution is 2.37. The third-order valence-corrected chi connectivity index (χ3v) is 4.09. The van der Waals surface area contributed by atoms with Crippen molar-refractivity contribution >= 4 is 5.91 Å². The minimum Gasteiger partial charge on any atom is -0.384 e. The van der Waals surface area contributed by atoms with Crippen LogP contribution in [0.25, 0.3) is 0 Å². The second-order valence-electron chi connectivity index (χ2n) is 6.06. The number of hydrogen-bond donors (Lipinski definition) is 2. The summed E-state index contributed by atoms with van der Waals surface area (Å²) in [6, 6.07) is 4.32. The first-order chi connectivity index (χ1) is 9.94. The van der Waals surface area contributed by atoms with E-state index in [-0.39, 0.29) is 29.5 Å². The van der Waals surface area contributed by atoms with Crippen LogP contribution in [0.4, 0.5) is 4.39 Å². The van der Waals surface area contributed by atoms with E-state index in [2.05, 4.69) is 31.0 Å². The van der Waals surface area contributed by atoms with Gasteiger partial charge in [0.2, 0.25) is 0 Å². The zero-order chi connectivity index (χ0) is 15.5. The average Bonchev–Trinajstić information content (AvgIpc) is 2.75. The van der Waals surface area contributed by atoms with Gasteiger partial charge in [0.25, 0.3) is 5.91 Å². The predicted octanol–water partition coefficient (Wildman–Crippen LogP) is 2.48. The molecule has 4 heteroatoms. The third kappa shape index (κ3) is 3.62. The minimum atomic E-state index is -0.590. The molecule has 112 valence electrons. The average molecular weight is 289 g/mol. The van der Waals surface area contributed by atoms with Crippen molar-refractivity contribution in [1.29, 1.82) is 0 Å². The zero-order valence-electron chi connectivity index (χ0n) is 12.4. The molecule has 1 amide bonds. The molecule has 0 saturated heterocycles. The molecule has 2 rings (SSSR count). The zero-order valence-corrected chi connectivity index (χ0v) is 12.4. The van der Waals surface area contributed by atoms with Crippen molar-refractivity contribution in [2.24, 2.45) is 5.41 Å². The van der Waals surface area contributed by atoms with E-state index in [1.807, 2.05) is 0 Å². The largest absolute Gasteiger partial charge is 0.384 e. The Morgan fingerprint density at radius 2 is 2.29 bits per heavy atom. The van der Waals surface area contributed by atoms with Gasteiger partial charge in [0.1, 0.15) is 12.4 Å². The number of rotatable bonds is 2. The molecule has 3 nitrogen and oxygen atoms in total. The molecule has 0 spiro atoms. The molecule has 0 bridgehead atoms. The van der Waals surface area contributed by atoms with Crippen LogP contribution in [0.2, 0.25) is 0 Å². The number of nitrogens with one attached hydrogen (secondary N) is 1. The van der Waals surface area contributed by atoms with Gasteiger partial charge in [0.15, 0.2) is 0 Å². The summed E-state index contributed by atoms with van der Waals surface area (Å²) in [5.74, 6) is 4.09. The maximum Gasteiger partial charge on any atom is 0.254 e. The van der Waals surface area contributed by atoms with Crippen molar-refractivity contribution in [1.82, 2.24) is 5.32 Å². The first-order valence-corrected chi connectivity index (χ1v) is 7.14. The number of benzene rings is 1. The van der Waals surface area contributed by atoms with Crippen molar-refractivity contribution in [2.45, 2.75) is 39.2 Å².